The molecule has 0 heterocycles. The molecule has 25 heavy (non-hydrogen) atoms. The molecule has 2 amide bonds. The molecule has 3 rings (SSSR count). The number of hydrogen-bond donors (Lipinski definition) is 2. The van der Waals surface area contributed by atoms with Crippen molar-refractivity contribution in [3.05, 3.63) is 65.2 Å². The summed E-state index contributed by atoms with van der Waals surface area (Å²) in [7, 11) is 0. The minimum absolute atomic E-state index is 0.102. The number of nitrogens with one attached hydrogen (secondary N) is 2. The van der Waals surface area contributed by atoms with Gasteiger partial charge in [0.2, 0.25) is 11.8 Å². The molecule has 1 fully saturated rings. The molecule has 5 nitrogen and oxygen atoms in total. The third-order valence-corrected chi connectivity index (χ3v) is 4.32. The molecular formula is C20H19N3O2. The molecule has 2 aromatic carbocycles. The molecule has 1 aliphatic rings. The maximum atomic E-state index is 12.3. The van der Waals surface area contributed by atoms with Gasteiger partial charge in [0.05, 0.1) is 23.1 Å². The number of rotatable bonds is 5. The Labute approximate surface area is 146 Å². The lowest BCUT2D eigenvalue weighted by atomic mass is 10.1. The number of para-hydroxylation sites is 1. The van der Waals surface area contributed by atoms with E-state index in [9.17, 15) is 9.59 Å². The maximum Gasteiger partial charge on any atom is 0.228 e. The van der Waals surface area contributed by atoms with E-state index in [-0.39, 0.29) is 23.7 Å². The SMILES string of the molecule is Cc1cccc(CNC(=O)C2CC2C(=O)Nc2ccccc2C#N)c1. The molecule has 0 saturated heterocycles. The van der Waals surface area contributed by atoms with Crippen LogP contribution in [0.25, 0.3) is 0 Å². The molecule has 2 aromatic rings. The van der Waals surface area contributed by atoms with Crippen LogP contribution in [0, 0.1) is 30.1 Å². The lowest BCUT2D eigenvalue weighted by Gasteiger charge is -2.07. The molecule has 5 heteroatoms. The normalized spacial score (nSPS) is 18.1. The molecule has 0 spiro atoms. The Morgan fingerprint density at radius 1 is 1.12 bits per heavy atom. The van der Waals surface area contributed by atoms with Gasteiger partial charge >= 0.3 is 0 Å². The summed E-state index contributed by atoms with van der Waals surface area (Å²) in [4.78, 5) is 24.5. The Bertz CT molecular complexity index is 854. The van der Waals surface area contributed by atoms with Crippen LogP contribution in [0.1, 0.15) is 23.1 Å². The summed E-state index contributed by atoms with van der Waals surface area (Å²) in [6, 6.07) is 16.8. The van der Waals surface area contributed by atoms with Crippen LogP contribution in [0.3, 0.4) is 0 Å². The average Bonchev–Trinajstić information content (AvgIpc) is 3.41. The van der Waals surface area contributed by atoms with Crippen molar-refractivity contribution in [2.24, 2.45) is 11.8 Å². The van der Waals surface area contributed by atoms with Gasteiger partial charge in [-0.05, 0) is 31.0 Å². The van der Waals surface area contributed by atoms with Gasteiger partial charge in [-0.15, -0.1) is 0 Å². The van der Waals surface area contributed by atoms with E-state index in [1.165, 1.54) is 0 Å². The highest BCUT2D eigenvalue weighted by atomic mass is 16.2. The lowest BCUT2D eigenvalue weighted by Crippen LogP contribution is -2.27. The van der Waals surface area contributed by atoms with Gasteiger partial charge in [0.25, 0.3) is 0 Å². The molecule has 1 saturated carbocycles. The summed E-state index contributed by atoms with van der Waals surface area (Å²) in [5.74, 6) is -0.933. The summed E-state index contributed by atoms with van der Waals surface area (Å²) < 4.78 is 0. The maximum absolute atomic E-state index is 12.3. The molecular weight excluding hydrogens is 314 g/mol. The smallest absolute Gasteiger partial charge is 0.228 e. The number of benzene rings is 2. The molecule has 1 aliphatic carbocycles. The summed E-state index contributed by atoms with van der Waals surface area (Å²) in [6.45, 7) is 2.47. The predicted molar refractivity (Wildman–Crippen MR) is 94.4 cm³/mol. The quantitative estimate of drug-likeness (QED) is 0.882. The minimum Gasteiger partial charge on any atom is -0.352 e. The van der Waals surface area contributed by atoms with Gasteiger partial charge in [-0.2, -0.15) is 5.26 Å². The third kappa shape index (κ3) is 4.04. The van der Waals surface area contributed by atoms with Crippen molar-refractivity contribution in [3.8, 4) is 6.07 Å². The van der Waals surface area contributed by atoms with E-state index >= 15 is 0 Å². The Hall–Kier alpha value is -3.13. The molecule has 0 radical (unpaired) electrons. The molecule has 2 atom stereocenters. The summed E-state index contributed by atoms with van der Waals surface area (Å²) >= 11 is 0. The zero-order valence-electron chi connectivity index (χ0n) is 14.0. The zero-order valence-corrected chi connectivity index (χ0v) is 14.0. The number of carbonyl (C=O) groups excluding carboxylic acids is 2. The minimum atomic E-state index is -0.329. The number of carbonyl (C=O) groups is 2. The Morgan fingerprint density at radius 2 is 1.88 bits per heavy atom. The first kappa shape index (κ1) is 16.7. The Balaban J connectivity index is 1.52. The molecule has 0 bridgehead atoms. The van der Waals surface area contributed by atoms with Crippen LogP contribution in [-0.4, -0.2) is 11.8 Å². The highest BCUT2D eigenvalue weighted by molar-refractivity contribution is 6.00. The molecule has 0 aliphatic heterocycles. The average molecular weight is 333 g/mol. The third-order valence-electron chi connectivity index (χ3n) is 4.32. The fraction of sp³-hybridized carbons (Fsp3) is 0.250. The molecule has 2 N–H and O–H groups in total. The van der Waals surface area contributed by atoms with E-state index in [4.69, 9.17) is 5.26 Å². The molecule has 2 unspecified atom stereocenters. The lowest BCUT2D eigenvalue weighted by molar-refractivity contribution is -0.125. The zero-order chi connectivity index (χ0) is 17.8. The van der Waals surface area contributed by atoms with Gasteiger partial charge < -0.3 is 10.6 Å². The largest absolute Gasteiger partial charge is 0.352 e. The van der Waals surface area contributed by atoms with Crippen LogP contribution in [0.2, 0.25) is 0 Å². The van der Waals surface area contributed by atoms with Crippen LogP contribution >= 0.6 is 0 Å². The fourth-order valence-electron chi connectivity index (χ4n) is 2.83. The van der Waals surface area contributed by atoms with Crippen molar-refractivity contribution >= 4 is 17.5 Å². The standard InChI is InChI=1S/C20H19N3O2/c1-13-5-4-6-14(9-13)12-22-19(24)16-10-17(16)20(25)23-18-8-3-2-7-15(18)11-21/h2-9,16-17H,10,12H2,1H3,(H,22,24)(H,23,25). The van der Waals surface area contributed by atoms with Crippen LogP contribution < -0.4 is 10.6 Å². The van der Waals surface area contributed by atoms with Gasteiger partial charge in [0.1, 0.15) is 6.07 Å². The van der Waals surface area contributed by atoms with E-state index in [1.54, 1.807) is 24.3 Å². The van der Waals surface area contributed by atoms with Gasteiger partial charge in [-0.25, -0.2) is 0 Å². The van der Waals surface area contributed by atoms with Crippen molar-refractivity contribution in [2.45, 2.75) is 19.9 Å². The van der Waals surface area contributed by atoms with Crippen LogP contribution in [0.15, 0.2) is 48.5 Å². The number of amides is 2. The molecule has 126 valence electrons. The fourth-order valence-corrected chi connectivity index (χ4v) is 2.83. The monoisotopic (exact) mass is 333 g/mol. The second-order valence-electron chi connectivity index (χ2n) is 6.30. The number of nitriles is 1. The van der Waals surface area contributed by atoms with Crippen molar-refractivity contribution in [2.75, 3.05) is 5.32 Å². The second kappa shape index (κ2) is 7.18. The van der Waals surface area contributed by atoms with Gasteiger partial charge in [-0.1, -0.05) is 42.0 Å². The van der Waals surface area contributed by atoms with E-state index < -0.39 is 0 Å². The Morgan fingerprint density at radius 3 is 2.64 bits per heavy atom. The first-order chi connectivity index (χ1) is 12.1. The predicted octanol–water partition coefficient (Wildman–Crippen LogP) is 2.76. The number of anilines is 1. The molecule has 0 aromatic heterocycles. The van der Waals surface area contributed by atoms with Crippen LogP contribution in [0.4, 0.5) is 5.69 Å². The highest BCUT2D eigenvalue weighted by Crippen LogP contribution is 2.39. The topological polar surface area (TPSA) is 82.0 Å². The number of nitrogens with zero attached hydrogens (tertiary/aromatic N) is 1. The van der Waals surface area contributed by atoms with E-state index in [0.29, 0.717) is 24.2 Å². The highest BCUT2D eigenvalue weighted by Gasteiger charge is 2.48. The van der Waals surface area contributed by atoms with Crippen LogP contribution in [0.5, 0.6) is 0 Å². The van der Waals surface area contributed by atoms with E-state index in [2.05, 4.69) is 10.6 Å². The summed E-state index contributed by atoms with van der Waals surface area (Å²) in [5.41, 5.74) is 3.09. The first-order valence-electron chi connectivity index (χ1n) is 8.21. The van der Waals surface area contributed by atoms with Crippen molar-refractivity contribution in [1.82, 2.24) is 5.32 Å². The van der Waals surface area contributed by atoms with E-state index in [0.717, 1.165) is 11.1 Å². The second-order valence-corrected chi connectivity index (χ2v) is 6.30. The van der Waals surface area contributed by atoms with E-state index in [1.807, 2.05) is 37.3 Å². The van der Waals surface area contributed by atoms with Crippen molar-refractivity contribution in [3.63, 3.8) is 0 Å². The van der Waals surface area contributed by atoms with Crippen LogP contribution in [-0.2, 0) is 16.1 Å². The summed E-state index contributed by atoms with van der Waals surface area (Å²) in [5, 5.41) is 14.7. The first-order valence-corrected chi connectivity index (χ1v) is 8.21. The number of aryl methyl sites for hydroxylation is 1. The van der Waals surface area contributed by atoms with Gasteiger partial charge in [-0.3, -0.25) is 9.59 Å². The summed E-state index contributed by atoms with van der Waals surface area (Å²) in [6.07, 6.45) is 0.542. The van der Waals surface area contributed by atoms with Gasteiger partial charge in [0.15, 0.2) is 0 Å². The van der Waals surface area contributed by atoms with Gasteiger partial charge in [0, 0.05) is 6.54 Å². The Kier molecular flexibility index (Phi) is 4.80. The number of hydrogen-bond acceptors (Lipinski definition) is 3. The van der Waals surface area contributed by atoms with Crippen molar-refractivity contribution in [1.29, 1.82) is 5.26 Å². The van der Waals surface area contributed by atoms with Crippen molar-refractivity contribution < 1.29 is 9.59 Å².